The molecule has 1 unspecified atom stereocenters. The molecule has 1 rings (SSSR count). The molecule has 0 amide bonds. The van der Waals surface area contributed by atoms with Crippen molar-refractivity contribution in [1.82, 2.24) is 5.32 Å². The highest BCUT2D eigenvalue weighted by molar-refractivity contribution is 4.82. The Labute approximate surface area is 75.9 Å². The normalized spacial score (nSPS) is 22.0. The molecule has 3 N–H and O–H groups in total. The monoisotopic (exact) mass is 170 g/mol. The molecule has 0 saturated heterocycles. The smallest absolute Gasteiger partial charge is 0.0220 e. The number of hydrogen-bond donors (Lipinski definition) is 2. The van der Waals surface area contributed by atoms with Gasteiger partial charge in [-0.1, -0.05) is 26.7 Å². The summed E-state index contributed by atoms with van der Waals surface area (Å²) in [5.74, 6) is 0.845. The standard InChI is InChI=1S/C10H22N2/c1-8(2)12-10(7-11)9-5-3-4-6-9/h8-10,12H,3-7,11H2,1-2H3. The maximum absolute atomic E-state index is 5.74. The van der Waals surface area contributed by atoms with E-state index < -0.39 is 0 Å². The number of nitrogens with two attached hydrogens (primary N) is 1. The molecule has 1 saturated carbocycles. The van der Waals surface area contributed by atoms with Crippen LogP contribution >= 0.6 is 0 Å². The van der Waals surface area contributed by atoms with E-state index in [0.717, 1.165) is 12.5 Å². The first-order chi connectivity index (χ1) is 5.74. The summed E-state index contributed by atoms with van der Waals surface area (Å²) in [6.07, 6.45) is 5.56. The van der Waals surface area contributed by atoms with Gasteiger partial charge in [-0.05, 0) is 18.8 Å². The van der Waals surface area contributed by atoms with Crippen LogP contribution in [0.3, 0.4) is 0 Å². The van der Waals surface area contributed by atoms with Gasteiger partial charge >= 0.3 is 0 Å². The zero-order valence-electron chi connectivity index (χ0n) is 8.34. The van der Waals surface area contributed by atoms with E-state index >= 15 is 0 Å². The second-order valence-electron chi connectivity index (χ2n) is 4.21. The summed E-state index contributed by atoms with van der Waals surface area (Å²) in [5, 5.41) is 3.55. The third kappa shape index (κ3) is 2.76. The Bertz CT molecular complexity index is 117. The van der Waals surface area contributed by atoms with Crippen molar-refractivity contribution in [2.75, 3.05) is 6.54 Å². The summed E-state index contributed by atoms with van der Waals surface area (Å²) in [6, 6.07) is 1.13. The zero-order chi connectivity index (χ0) is 8.97. The van der Waals surface area contributed by atoms with Crippen LogP contribution in [0.4, 0.5) is 0 Å². The summed E-state index contributed by atoms with van der Waals surface area (Å²) in [4.78, 5) is 0. The van der Waals surface area contributed by atoms with E-state index in [0.29, 0.717) is 12.1 Å². The van der Waals surface area contributed by atoms with Crippen LogP contribution in [-0.4, -0.2) is 18.6 Å². The van der Waals surface area contributed by atoms with Crippen molar-refractivity contribution in [3.63, 3.8) is 0 Å². The molecule has 0 aromatic heterocycles. The van der Waals surface area contributed by atoms with Gasteiger partial charge in [0.05, 0.1) is 0 Å². The van der Waals surface area contributed by atoms with Gasteiger partial charge in [-0.3, -0.25) is 0 Å². The van der Waals surface area contributed by atoms with E-state index in [4.69, 9.17) is 5.73 Å². The average Bonchev–Trinajstić information content (AvgIpc) is 2.51. The lowest BCUT2D eigenvalue weighted by molar-refractivity contribution is 0.342. The maximum Gasteiger partial charge on any atom is 0.0220 e. The van der Waals surface area contributed by atoms with Crippen molar-refractivity contribution in [2.45, 2.75) is 51.6 Å². The molecule has 2 heteroatoms. The molecule has 72 valence electrons. The van der Waals surface area contributed by atoms with Gasteiger partial charge in [0.2, 0.25) is 0 Å². The van der Waals surface area contributed by atoms with Crippen LogP contribution in [0.5, 0.6) is 0 Å². The van der Waals surface area contributed by atoms with E-state index in [-0.39, 0.29) is 0 Å². The van der Waals surface area contributed by atoms with Gasteiger partial charge in [0.15, 0.2) is 0 Å². The third-order valence-electron chi connectivity index (χ3n) is 2.77. The van der Waals surface area contributed by atoms with E-state index in [9.17, 15) is 0 Å². The minimum Gasteiger partial charge on any atom is -0.329 e. The van der Waals surface area contributed by atoms with Crippen molar-refractivity contribution in [2.24, 2.45) is 11.7 Å². The van der Waals surface area contributed by atoms with Crippen LogP contribution in [0, 0.1) is 5.92 Å². The third-order valence-corrected chi connectivity index (χ3v) is 2.77. The van der Waals surface area contributed by atoms with Crippen LogP contribution in [-0.2, 0) is 0 Å². The molecular formula is C10H22N2. The van der Waals surface area contributed by atoms with E-state index in [1.54, 1.807) is 0 Å². The van der Waals surface area contributed by atoms with Crippen LogP contribution < -0.4 is 11.1 Å². The fraction of sp³-hybridized carbons (Fsp3) is 1.00. The molecule has 1 atom stereocenters. The van der Waals surface area contributed by atoms with Gasteiger partial charge < -0.3 is 11.1 Å². The molecule has 1 aliphatic carbocycles. The van der Waals surface area contributed by atoms with Gasteiger partial charge in [-0.25, -0.2) is 0 Å². The van der Waals surface area contributed by atoms with Crippen LogP contribution in [0.25, 0.3) is 0 Å². The van der Waals surface area contributed by atoms with Gasteiger partial charge in [0, 0.05) is 18.6 Å². The Morgan fingerprint density at radius 1 is 1.33 bits per heavy atom. The molecule has 0 spiro atoms. The predicted octanol–water partition coefficient (Wildman–Crippen LogP) is 1.50. The molecule has 0 bridgehead atoms. The summed E-state index contributed by atoms with van der Waals surface area (Å²) in [5.41, 5.74) is 5.74. The average molecular weight is 170 g/mol. The fourth-order valence-electron chi connectivity index (χ4n) is 2.18. The molecule has 0 radical (unpaired) electrons. The second-order valence-corrected chi connectivity index (χ2v) is 4.21. The minimum absolute atomic E-state index is 0.562. The molecule has 1 fully saturated rings. The molecule has 12 heavy (non-hydrogen) atoms. The quantitative estimate of drug-likeness (QED) is 0.671. The molecule has 0 aromatic carbocycles. The van der Waals surface area contributed by atoms with Crippen molar-refractivity contribution < 1.29 is 0 Å². The van der Waals surface area contributed by atoms with Gasteiger partial charge in [-0.2, -0.15) is 0 Å². The molecule has 0 aliphatic heterocycles. The molecule has 1 aliphatic rings. The largest absolute Gasteiger partial charge is 0.329 e. The van der Waals surface area contributed by atoms with E-state index in [1.165, 1.54) is 25.7 Å². The molecular weight excluding hydrogens is 148 g/mol. The Morgan fingerprint density at radius 3 is 2.33 bits per heavy atom. The Balaban J connectivity index is 2.32. The predicted molar refractivity (Wildman–Crippen MR) is 53.1 cm³/mol. The second kappa shape index (κ2) is 4.83. The van der Waals surface area contributed by atoms with Crippen molar-refractivity contribution >= 4 is 0 Å². The highest BCUT2D eigenvalue weighted by Crippen LogP contribution is 2.27. The fourth-order valence-corrected chi connectivity index (χ4v) is 2.18. The van der Waals surface area contributed by atoms with Crippen LogP contribution in [0.15, 0.2) is 0 Å². The summed E-state index contributed by atoms with van der Waals surface area (Å²) in [6.45, 7) is 5.18. The van der Waals surface area contributed by atoms with Crippen LogP contribution in [0.2, 0.25) is 0 Å². The summed E-state index contributed by atoms with van der Waals surface area (Å²) >= 11 is 0. The minimum atomic E-state index is 0.562. The topological polar surface area (TPSA) is 38.0 Å². The van der Waals surface area contributed by atoms with Gasteiger partial charge in [0.25, 0.3) is 0 Å². The molecule has 2 nitrogen and oxygen atoms in total. The first-order valence-corrected chi connectivity index (χ1v) is 5.20. The zero-order valence-corrected chi connectivity index (χ0v) is 8.34. The van der Waals surface area contributed by atoms with Crippen molar-refractivity contribution in [1.29, 1.82) is 0 Å². The highest BCUT2D eigenvalue weighted by atomic mass is 15.0. The van der Waals surface area contributed by atoms with Gasteiger partial charge in [-0.15, -0.1) is 0 Å². The first kappa shape index (κ1) is 10.0. The molecule has 0 heterocycles. The first-order valence-electron chi connectivity index (χ1n) is 5.20. The lowest BCUT2D eigenvalue weighted by atomic mass is 9.97. The lowest BCUT2D eigenvalue weighted by Gasteiger charge is -2.25. The van der Waals surface area contributed by atoms with E-state index in [1.807, 2.05) is 0 Å². The Hall–Kier alpha value is -0.0800. The number of rotatable bonds is 4. The summed E-state index contributed by atoms with van der Waals surface area (Å²) in [7, 11) is 0. The van der Waals surface area contributed by atoms with Gasteiger partial charge in [0.1, 0.15) is 0 Å². The van der Waals surface area contributed by atoms with Crippen molar-refractivity contribution in [3.05, 3.63) is 0 Å². The van der Waals surface area contributed by atoms with Crippen LogP contribution in [0.1, 0.15) is 39.5 Å². The van der Waals surface area contributed by atoms with E-state index in [2.05, 4.69) is 19.2 Å². The highest BCUT2D eigenvalue weighted by Gasteiger charge is 2.23. The Kier molecular flexibility index (Phi) is 4.02. The molecule has 0 aromatic rings. The number of nitrogens with one attached hydrogen (secondary N) is 1. The SMILES string of the molecule is CC(C)NC(CN)C1CCCC1. The van der Waals surface area contributed by atoms with Crippen molar-refractivity contribution in [3.8, 4) is 0 Å². The number of hydrogen-bond acceptors (Lipinski definition) is 2. The summed E-state index contributed by atoms with van der Waals surface area (Å²) < 4.78 is 0. The lowest BCUT2D eigenvalue weighted by Crippen LogP contribution is -2.44. The Morgan fingerprint density at radius 2 is 1.92 bits per heavy atom. The maximum atomic E-state index is 5.74.